The van der Waals surface area contributed by atoms with Gasteiger partial charge in [-0.15, -0.1) is 0 Å². The van der Waals surface area contributed by atoms with Crippen molar-refractivity contribution in [2.75, 3.05) is 13.2 Å². The highest BCUT2D eigenvalue weighted by molar-refractivity contribution is 6.38. The van der Waals surface area contributed by atoms with E-state index in [1.807, 2.05) is 0 Å². The van der Waals surface area contributed by atoms with Crippen molar-refractivity contribution in [1.29, 1.82) is 0 Å². The van der Waals surface area contributed by atoms with Crippen LogP contribution >= 0.6 is 0 Å². The minimum atomic E-state index is -1.78. The molecule has 2 aliphatic heterocycles. The molecule has 2 rings (SSSR count). The lowest BCUT2D eigenvalue weighted by Crippen LogP contribution is -2.48. The highest BCUT2D eigenvalue weighted by Gasteiger charge is 2.54. The second-order valence-electron chi connectivity index (χ2n) is 4.95. The fourth-order valence-corrected chi connectivity index (χ4v) is 2.22. The number of Topliss-reactive ketones (excluding diaryl/α,β-unsaturated/α-hetero) is 2. The van der Waals surface area contributed by atoms with E-state index in [0.29, 0.717) is 0 Å². The first kappa shape index (κ1) is 17.4. The second-order valence-corrected chi connectivity index (χ2v) is 4.95. The van der Waals surface area contributed by atoms with Gasteiger partial charge in [-0.05, 0) is 0 Å². The Bertz CT molecular complexity index is 483. The average molecular weight is 334 g/mol. The van der Waals surface area contributed by atoms with Gasteiger partial charge in [-0.25, -0.2) is 9.59 Å². The Morgan fingerprint density at radius 3 is 1.48 bits per heavy atom. The molecule has 0 bridgehead atoms. The van der Waals surface area contributed by atoms with Crippen molar-refractivity contribution < 1.29 is 53.8 Å². The van der Waals surface area contributed by atoms with Crippen LogP contribution < -0.4 is 0 Å². The van der Waals surface area contributed by atoms with Crippen LogP contribution in [0.15, 0.2) is 0 Å². The molecule has 2 aliphatic rings. The molecule has 11 heteroatoms. The van der Waals surface area contributed by atoms with E-state index in [2.05, 4.69) is 9.47 Å². The molecule has 0 amide bonds. The Balaban J connectivity index is 2.23. The third kappa shape index (κ3) is 3.09. The topological polar surface area (TPSA) is 177 Å². The van der Waals surface area contributed by atoms with Crippen LogP contribution in [0.1, 0.15) is 0 Å². The molecule has 0 aromatic carbocycles. The second kappa shape index (κ2) is 6.68. The van der Waals surface area contributed by atoms with Crippen LogP contribution in [-0.4, -0.2) is 93.8 Å². The molecule has 0 saturated carbocycles. The van der Waals surface area contributed by atoms with E-state index in [0.717, 1.165) is 0 Å². The molecule has 4 N–H and O–H groups in total. The lowest BCUT2D eigenvalue weighted by Gasteiger charge is -2.25. The van der Waals surface area contributed by atoms with Crippen LogP contribution in [0, 0.1) is 0 Å². The summed E-state index contributed by atoms with van der Waals surface area (Å²) in [7, 11) is 0. The normalized spacial score (nSPS) is 33.6. The van der Waals surface area contributed by atoms with Crippen molar-refractivity contribution in [2.45, 2.75) is 36.6 Å². The monoisotopic (exact) mass is 334 g/mol. The zero-order chi connectivity index (χ0) is 17.3. The van der Waals surface area contributed by atoms with Gasteiger partial charge in [-0.1, -0.05) is 0 Å². The third-order valence-electron chi connectivity index (χ3n) is 3.43. The highest BCUT2D eigenvalue weighted by Crippen LogP contribution is 2.26. The summed E-state index contributed by atoms with van der Waals surface area (Å²) in [5.74, 6) is -5.15. The number of rotatable bonds is 6. The number of cyclic esters (lactones) is 2. The van der Waals surface area contributed by atoms with Crippen LogP contribution in [0.2, 0.25) is 0 Å². The van der Waals surface area contributed by atoms with Gasteiger partial charge in [0.05, 0.1) is 13.2 Å². The lowest BCUT2D eigenvalue weighted by molar-refractivity contribution is -0.158. The molecule has 23 heavy (non-hydrogen) atoms. The quantitative estimate of drug-likeness (QED) is 0.271. The van der Waals surface area contributed by atoms with E-state index in [-0.39, 0.29) is 0 Å². The summed E-state index contributed by atoms with van der Waals surface area (Å²) in [6.45, 7) is -1.72. The number of hydrogen-bond acceptors (Lipinski definition) is 11. The van der Waals surface area contributed by atoms with Gasteiger partial charge >= 0.3 is 11.9 Å². The number of carbonyl (C=O) groups excluding carboxylic acids is 4. The molecule has 0 radical (unpaired) electrons. The molecular weight excluding hydrogens is 320 g/mol. The molecule has 0 aliphatic carbocycles. The summed E-state index contributed by atoms with van der Waals surface area (Å²) in [5, 5.41) is 36.9. The maximum Gasteiger partial charge on any atom is 0.378 e. The Morgan fingerprint density at radius 2 is 1.17 bits per heavy atom. The zero-order valence-electron chi connectivity index (χ0n) is 11.5. The number of aliphatic hydroxyl groups excluding tert-OH is 4. The summed E-state index contributed by atoms with van der Waals surface area (Å²) >= 11 is 0. The molecule has 2 heterocycles. The van der Waals surface area contributed by atoms with Crippen molar-refractivity contribution in [3.8, 4) is 0 Å². The SMILES string of the molecule is O=C1O[C@H]([C@@H](O)CO)C(OC2C(=O)C(=O)O[C@@H]2[C@@H](O)CO)C1=O. The van der Waals surface area contributed by atoms with Crippen LogP contribution in [0.25, 0.3) is 0 Å². The molecule has 0 aromatic heterocycles. The number of hydrogen-bond donors (Lipinski definition) is 4. The predicted octanol–water partition coefficient (Wildman–Crippen LogP) is -4.56. The number of ether oxygens (including phenoxy) is 3. The first-order chi connectivity index (χ1) is 10.8. The maximum atomic E-state index is 11.7. The standard InChI is InChI=1S/C12H14O11/c13-1-3(15)7-9(5(17)11(19)22-7)21-10-6(18)12(20)23-8(10)4(16)2-14/h3-4,7-10,13-16H,1-2H2/t3-,4-,7+,8+,9?,10?/m0/s1. The van der Waals surface area contributed by atoms with Gasteiger partial charge < -0.3 is 34.6 Å². The van der Waals surface area contributed by atoms with Crippen molar-refractivity contribution in [3.05, 3.63) is 0 Å². The molecule has 6 atom stereocenters. The number of ketones is 2. The van der Waals surface area contributed by atoms with E-state index >= 15 is 0 Å². The van der Waals surface area contributed by atoms with Crippen molar-refractivity contribution >= 4 is 23.5 Å². The molecule has 11 nitrogen and oxygen atoms in total. The van der Waals surface area contributed by atoms with E-state index in [9.17, 15) is 29.4 Å². The minimum Gasteiger partial charge on any atom is -0.450 e. The highest BCUT2D eigenvalue weighted by atomic mass is 16.6. The van der Waals surface area contributed by atoms with E-state index in [1.165, 1.54) is 0 Å². The van der Waals surface area contributed by atoms with Crippen LogP contribution in [0.4, 0.5) is 0 Å². The Hall–Kier alpha value is -1.92. The van der Waals surface area contributed by atoms with Gasteiger partial charge in [0.1, 0.15) is 12.2 Å². The molecule has 0 aromatic rings. The van der Waals surface area contributed by atoms with Gasteiger partial charge in [0.25, 0.3) is 11.6 Å². The Morgan fingerprint density at radius 1 is 0.826 bits per heavy atom. The van der Waals surface area contributed by atoms with Gasteiger partial charge in [-0.3, -0.25) is 9.59 Å². The summed E-state index contributed by atoms with van der Waals surface area (Å²) in [4.78, 5) is 46.0. The summed E-state index contributed by atoms with van der Waals surface area (Å²) in [6.07, 6.45) is -10.1. The number of esters is 2. The van der Waals surface area contributed by atoms with Crippen molar-refractivity contribution in [3.63, 3.8) is 0 Å². The average Bonchev–Trinajstić information content (AvgIpc) is 2.98. The van der Waals surface area contributed by atoms with Gasteiger partial charge in [0.15, 0.2) is 24.4 Å². The van der Waals surface area contributed by atoms with E-state index in [1.54, 1.807) is 0 Å². The van der Waals surface area contributed by atoms with Gasteiger partial charge in [0.2, 0.25) is 0 Å². The number of carbonyl (C=O) groups is 4. The molecule has 2 fully saturated rings. The molecule has 2 saturated heterocycles. The Labute approximate surface area is 128 Å². The van der Waals surface area contributed by atoms with E-state index < -0.39 is 73.3 Å². The largest absolute Gasteiger partial charge is 0.450 e. The molecule has 0 spiro atoms. The summed E-state index contributed by atoms with van der Waals surface area (Å²) in [5.41, 5.74) is 0. The van der Waals surface area contributed by atoms with Gasteiger partial charge in [0, 0.05) is 0 Å². The van der Waals surface area contributed by atoms with Gasteiger partial charge in [-0.2, -0.15) is 0 Å². The maximum absolute atomic E-state index is 11.7. The fraction of sp³-hybridized carbons (Fsp3) is 0.667. The first-order valence-corrected chi connectivity index (χ1v) is 6.54. The van der Waals surface area contributed by atoms with Crippen molar-refractivity contribution in [1.82, 2.24) is 0 Å². The van der Waals surface area contributed by atoms with E-state index in [4.69, 9.17) is 14.9 Å². The fourth-order valence-electron chi connectivity index (χ4n) is 2.22. The lowest BCUT2D eigenvalue weighted by atomic mass is 10.0. The first-order valence-electron chi connectivity index (χ1n) is 6.54. The third-order valence-corrected chi connectivity index (χ3v) is 3.43. The summed E-state index contributed by atoms with van der Waals surface area (Å²) < 4.78 is 14.2. The number of aliphatic hydroxyl groups is 4. The van der Waals surface area contributed by atoms with Crippen molar-refractivity contribution in [2.24, 2.45) is 0 Å². The van der Waals surface area contributed by atoms with Crippen LogP contribution in [0.5, 0.6) is 0 Å². The smallest absolute Gasteiger partial charge is 0.378 e. The van der Waals surface area contributed by atoms with Crippen LogP contribution in [-0.2, 0) is 33.4 Å². The minimum absolute atomic E-state index is 0.859. The summed E-state index contributed by atoms with van der Waals surface area (Å²) in [6, 6.07) is 0. The molecule has 2 unspecified atom stereocenters. The zero-order valence-corrected chi connectivity index (χ0v) is 11.5. The molecule has 128 valence electrons. The Kier molecular flexibility index (Phi) is 5.06. The molecular formula is C12H14O11. The van der Waals surface area contributed by atoms with Crippen LogP contribution in [0.3, 0.4) is 0 Å². The predicted molar refractivity (Wildman–Crippen MR) is 64.6 cm³/mol.